The molecule has 36 heavy (non-hydrogen) atoms. The van der Waals surface area contributed by atoms with E-state index in [2.05, 4.69) is 5.73 Å². The molecule has 0 aromatic heterocycles. The van der Waals surface area contributed by atoms with Crippen molar-refractivity contribution < 1.29 is 44.5 Å². The van der Waals surface area contributed by atoms with Crippen molar-refractivity contribution in [3.8, 4) is 23.0 Å². The first kappa shape index (κ1) is 28.1. The number of hydrogen-bond donors (Lipinski definition) is 3. The van der Waals surface area contributed by atoms with Gasteiger partial charge in [0, 0.05) is 6.42 Å². The van der Waals surface area contributed by atoms with E-state index in [9.17, 15) is 24.6 Å². The highest BCUT2D eigenvalue weighted by atomic mass is 16.5. The van der Waals surface area contributed by atoms with Crippen LogP contribution < -0.4 is 15.2 Å². The molecule has 0 amide bonds. The number of quaternary nitrogens is 1. The lowest BCUT2D eigenvalue weighted by Crippen LogP contribution is -2.66. The van der Waals surface area contributed by atoms with Crippen molar-refractivity contribution in [2.24, 2.45) is 0 Å². The average molecular weight is 499 g/mol. The summed E-state index contributed by atoms with van der Waals surface area (Å²) in [5.41, 5.74) is 5.57. The van der Waals surface area contributed by atoms with Crippen LogP contribution in [0.3, 0.4) is 0 Å². The third kappa shape index (κ3) is 8.28. The minimum absolute atomic E-state index is 0.0189. The number of allylic oxidation sites excluding steroid dienone is 2. The normalized spacial score (nSPS) is 12.0. The highest BCUT2D eigenvalue weighted by Crippen LogP contribution is 2.31. The summed E-state index contributed by atoms with van der Waals surface area (Å²) in [6.45, 7) is 2.18. The average Bonchev–Trinajstić information content (AvgIpc) is 2.86. The largest absolute Gasteiger partial charge is 0.504 e. The topological polar surface area (TPSA) is 147 Å². The summed E-state index contributed by atoms with van der Waals surface area (Å²) in [7, 11) is 2.82. The molecule has 2 aromatic rings. The molecule has 0 unspecified atom stereocenters. The van der Waals surface area contributed by atoms with E-state index in [1.54, 1.807) is 18.2 Å². The van der Waals surface area contributed by atoms with Crippen molar-refractivity contribution in [2.75, 3.05) is 20.8 Å². The van der Waals surface area contributed by atoms with Gasteiger partial charge in [-0.05, 0) is 59.5 Å². The van der Waals surface area contributed by atoms with Crippen molar-refractivity contribution in [1.29, 1.82) is 0 Å². The summed E-state index contributed by atoms with van der Waals surface area (Å²) in [5.74, 6) is -0.959. The molecule has 0 saturated heterocycles. The minimum Gasteiger partial charge on any atom is -0.504 e. The van der Waals surface area contributed by atoms with Gasteiger partial charge in [0.05, 0.1) is 27.2 Å². The minimum atomic E-state index is -0.711. The number of carbonyl (C=O) groups is 3. The summed E-state index contributed by atoms with van der Waals surface area (Å²) in [6, 6.07) is 6.90. The number of ketones is 2. The second-order valence-corrected chi connectivity index (χ2v) is 8.00. The first-order chi connectivity index (χ1) is 17.2. The summed E-state index contributed by atoms with van der Waals surface area (Å²) in [4.78, 5) is 36.8. The van der Waals surface area contributed by atoms with Gasteiger partial charge in [0.15, 0.2) is 40.6 Å². The van der Waals surface area contributed by atoms with Crippen LogP contribution in [0.5, 0.6) is 23.0 Å². The van der Waals surface area contributed by atoms with Gasteiger partial charge in [0.1, 0.15) is 0 Å². The number of phenolic OH excluding ortho intramolecular Hbond substituents is 2. The Morgan fingerprint density at radius 2 is 1.58 bits per heavy atom. The van der Waals surface area contributed by atoms with E-state index < -0.39 is 23.6 Å². The SMILES string of the molecule is CCCOC(=O)[C@@H]([NH3+])Cc1cc(O)c(OC)cc1/C=C/C(=O)CC(=O)/C=C/c1ccc(O)c(OC)c1. The molecule has 0 bridgehead atoms. The van der Waals surface area contributed by atoms with Crippen LogP contribution >= 0.6 is 0 Å². The maximum atomic E-state index is 12.4. The molecule has 0 spiro atoms. The number of carbonyl (C=O) groups excluding carboxylic acids is 3. The Labute approximate surface area is 209 Å². The van der Waals surface area contributed by atoms with Gasteiger partial charge in [-0.1, -0.05) is 25.1 Å². The maximum absolute atomic E-state index is 12.4. The van der Waals surface area contributed by atoms with E-state index in [-0.39, 0.29) is 35.8 Å². The molecule has 2 aromatic carbocycles. The van der Waals surface area contributed by atoms with Crippen molar-refractivity contribution in [2.45, 2.75) is 32.2 Å². The van der Waals surface area contributed by atoms with Crippen LogP contribution in [0.1, 0.15) is 36.5 Å². The number of benzene rings is 2. The van der Waals surface area contributed by atoms with Crippen LogP contribution in [0.4, 0.5) is 0 Å². The Bertz CT molecular complexity index is 1150. The number of phenols is 2. The van der Waals surface area contributed by atoms with Gasteiger partial charge in [-0.2, -0.15) is 0 Å². The maximum Gasteiger partial charge on any atom is 0.365 e. The molecular weight excluding hydrogens is 466 g/mol. The van der Waals surface area contributed by atoms with E-state index in [0.29, 0.717) is 29.7 Å². The van der Waals surface area contributed by atoms with Crippen LogP contribution in [-0.4, -0.2) is 54.6 Å². The number of esters is 1. The highest BCUT2D eigenvalue weighted by Gasteiger charge is 2.22. The number of hydrogen-bond acceptors (Lipinski definition) is 8. The van der Waals surface area contributed by atoms with Crippen LogP contribution in [-0.2, 0) is 25.5 Å². The van der Waals surface area contributed by atoms with Crippen LogP contribution in [0.2, 0.25) is 0 Å². The smallest absolute Gasteiger partial charge is 0.365 e. The van der Waals surface area contributed by atoms with Gasteiger partial charge in [0.25, 0.3) is 0 Å². The third-order valence-corrected chi connectivity index (χ3v) is 5.15. The molecule has 5 N–H and O–H groups in total. The fourth-order valence-electron chi connectivity index (χ4n) is 3.25. The Morgan fingerprint density at radius 1 is 0.944 bits per heavy atom. The Balaban J connectivity index is 2.12. The standard InChI is InChI=1S/C27H31NO8/c1-4-11-36-27(33)22(28)13-19-14-24(32)26(35-3)15-18(19)7-9-21(30)16-20(29)8-5-17-6-10-23(31)25(12-17)34-2/h5-10,12,14-15,22,31-32H,4,11,13,16,28H2,1-3H3/p+1/b8-5+,9-7+/t22-/m0/s1. The van der Waals surface area contributed by atoms with E-state index in [4.69, 9.17) is 14.2 Å². The van der Waals surface area contributed by atoms with Crippen LogP contribution in [0, 0.1) is 0 Å². The van der Waals surface area contributed by atoms with E-state index in [0.717, 1.165) is 0 Å². The molecule has 0 radical (unpaired) electrons. The van der Waals surface area contributed by atoms with Gasteiger partial charge in [0.2, 0.25) is 0 Å². The first-order valence-electron chi connectivity index (χ1n) is 11.4. The Kier molecular flexibility index (Phi) is 10.7. The first-order valence-corrected chi connectivity index (χ1v) is 11.4. The van der Waals surface area contributed by atoms with Crippen molar-refractivity contribution in [1.82, 2.24) is 0 Å². The Hall–Kier alpha value is -4.11. The fourth-order valence-corrected chi connectivity index (χ4v) is 3.25. The lowest BCUT2D eigenvalue weighted by Gasteiger charge is -2.13. The number of methoxy groups -OCH3 is 2. The molecule has 0 heterocycles. The summed E-state index contributed by atoms with van der Waals surface area (Å²) >= 11 is 0. The monoisotopic (exact) mass is 498 g/mol. The molecule has 2 rings (SSSR count). The zero-order valence-corrected chi connectivity index (χ0v) is 20.7. The predicted molar refractivity (Wildman–Crippen MR) is 134 cm³/mol. The number of aromatic hydroxyl groups is 2. The van der Waals surface area contributed by atoms with Gasteiger partial charge in [-0.25, -0.2) is 4.79 Å². The summed E-state index contributed by atoms with van der Waals surface area (Å²) in [6.07, 6.45) is 6.08. The van der Waals surface area contributed by atoms with Crippen LogP contribution in [0.25, 0.3) is 12.2 Å². The van der Waals surface area contributed by atoms with E-state index in [1.807, 2.05) is 6.92 Å². The molecule has 0 aliphatic rings. The highest BCUT2D eigenvalue weighted by molar-refractivity contribution is 6.11. The molecule has 0 saturated carbocycles. The predicted octanol–water partition coefficient (Wildman–Crippen LogP) is 2.48. The molecule has 0 fully saturated rings. The molecule has 9 nitrogen and oxygen atoms in total. The molecular formula is C27H32NO8+. The van der Waals surface area contributed by atoms with Crippen LogP contribution in [0.15, 0.2) is 42.5 Å². The second kappa shape index (κ2) is 13.7. The molecule has 0 aliphatic heterocycles. The molecule has 1 atom stereocenters. The zero-order chi connectivity index (χ0) is 26.7. The fraction of sp³-hybridized carbons (Fsp3) is 0.296. The number of rotatable bonds is 13. The Morgan fingerprint density at radius 3 is 2.22 bits per heavy atom. The quantitative estimate of drug-likeness (QED) is 0.217. The van der Waals surface area contributed by atoms with Crippen molar-refractivity contribution >= 4 is 29.7 Å². The van der Waals surface area contributed by atoms with Gasteiger partial charge in [-0.15, -0.1) is 0 Å². The lowest BCUT2D eigenvalue weighted by atomic mass is 9.98. The van der Waals surface area contributed by atoms with Gasteiger partial charge >= 0.3 is 5.97 Å². The number of ether oxygens (including phenoxy) is 3. The van der Waals surface area contributed by atoms with Gasteiger partial charge in [-0.3, -0.25) is 9.59 Å². The molecule has 9 heteroatoms. The molecule has 0 aliphatic carbocycles. The van der Waals surface area contributed by atoms with E-state index in [1.165, 1.54) is 50.7 Å². The lowest BCUT2D eigenvalue weighted by molar-refractivity contribution is -0.407. The van der Waals surface area contributed by atoms with Gasteiger partial charge < -0.3 is 30.2 Å². The van der Waals surface area contributed by atoms with Crippen molar-refractivity contribution in [3.05, 3.63) is 59.2 Å². The summed E-state index contributed by atoms with van der Waals surface area (Å²) in [5, 5.41) is 19.8. The van der Waals surface area contributed by atoms with E-state index >= 15 is 0 Å². The second-order valence-electron chi connectivity index (χ2n) is 8.00. The zero-order valence-electron chi connectivity index (χ0n) is 20.7. The molecule has 192 valence electrons. The third-order valence-electron chi connectivity index (χ3n) is 5.15. The summed E-state index contributed by atoms with van der Waals surface area (Å²) < 4.78 is 15.3. The van der Waals surface area contributed by atoms with Crippen molar-refractivity contribution in [3.63, 3.8) is 0 Å².